The van der Waals surface area contributed by atoms with Gasteiger partial charge in [-0.3, -0.25) is 0 Å². The summed E-state index contributed by atoms with van der Waals surface area (Å²) in [7, 11) is 0. The fraction of sp³-hybridized carbons (Fsp3) is 0.400. The van der Waals surface area contributed by atoms with Gasteiger partial charge in [-0.1, -0.05) is 31.5 Å². The first-order valence-corrected chi connectivity index (χ1v) is 4.56. The molecular formula is C10H12ClFO. The molecule has 3 heteroatoms. The van der Waals surface area contributed by atoms with Gasteiger partial charge in [-0.25, -0.2) is 4.39 Å². The van der Waals surface area contributed by atoms with E-state index < -0.39 is 5.82 Å². The van der Waals surface area contributed by atoms with E-state index in [1.807, 2.05) is 13.8 Å². The molecule has 0 fully saturated rings. The molecule has 0 unspecified atom stereocenters. The Kier molecular flexibility index (Phi) is 3.55. The summed E-state index contributed by atoms with van der Waals surface area (Å²) >= 11 is 5.75. The van der Waals surface area contributed by atoms with Crippen LogP contribution < -0.4 is 4.74 Å². The van der Waals surface area contributed by atoms with Gasteiger partial charge in [0.1, 0.15) is 0 Å². The van der Waals surface area contributed by atoms with Crippen LogP contribution in [0.25, 0.3) is 0 Å². The van der Waals surface area contributed by atoms with Crippen molar-refractivity contribution in [3.05, 3.63) is 29.0 Å². The summed E-state index contributed by atoms with van der Waals surface area (Å²) in [4.78, 5) is 0. The van der Waals surface area contributed by atoms with Crippen molar-refractivity contribution in [1.82, 2.24) is 0 Å². The predicted octanol–water partition coefficient (Wildman–Crippen LogP) is 3.51. The van der Waals surface area contributed by atoms with Crippen LogP contribution in [0, 0.1) is 11.7 Å². The topological polar surface area (TPSA) is 9.23 Å². The highest BCUT2D eigenvalue weighted by molar-refractivity contribution is 6.32. The van der Waals surface area contributed by atoms with Crippen LogP contribution in [0.4, 0.5) is 4.39 Å². The number of hydrogen-bond donors (Lipinski definition) is 0. The van der Waals surface area contributed by atoms with Crippen LogP contribution in [0.2, 0.25) is 5.02 Å². The molecule has 72 valence electrons. The molecule has 0 N–H and O–H groups in total. The van der Waals surface area contributed by atoms with Gasteiger partial charge in [0.15, 0.2) is 11.6 Å². The second kappa shape index (κ2) is 4.47. The first-order valence-electron chi connectivity index (χ1n) is 4.18. The Morgan fingerprint density at radius 1 is 1.46 bits per heavy atom. The Labute approximate surface area is 82.5 Å². The van der Waals surface area contributed by atoms with Gasteiger partial charge in [-0.15, -0.1) is 0 Å². The van der Waals surface area contributed by atoms with E-state index in [0.717, 1.165) is 0 Å². The quantitative estimate of drug-likeness (QED) is 0.729. The van der Waals surface area contributed by atoms with Crippen LogP contribution in [0.15, 0.2) is 18.2 Å². The van der Waals surface area contributed by atoms with E-state index in [4.69, 9.17) is 16.3 Å². The minimum atomic E-state index is -0.409. The summed E-state index contributed by atoms with van der Waals surface area (Å²) in [6.07, 6.45) is 0. The van der Waals surface area contributed by atoms with E-state index in [1.54, 1.807) is 12.1 Å². The molecule has 0 atom stereocenters. The van der Waals surface area contributed by atoms with Gasteiger partial charge in [0.05, 0.1) is 11.6 Å². The van der Waals surface area contributed by atoms with Crippen molar-refractivity contribution in [3.8, 4) is 5.75 Å². The van der Waals surface area contributed by atoms with Crippen LogP contribution in [-0.4, -0.2) is 6.61 Å². The second-order valence-corrected chi connectivity index (χ2v) is 3.66. The summed E-state index contributed by atoms with van der Waals surface area (Å²) < 4.78 is 18.3. The molecule has 0 spiro atoms. The summed E-state index contributed by atoms with van der Waals surface area (Å²) in [6, 6.07) is 4.50. The molecule has 0 aliphatic heterocycles. The molecule has 0 aromatic heterocycles. The van der Waals surface area contributed by atoms with Crippen molar-refractivity contribution in [3.63, 3.8) is 0 Å². The maximum Gasteiger partial charge on any atom is 0.173 e. The number of rotatable bonds is 3. The van der Waals surface area contributed by atoms with Gasteiger partial charge in [0.25, 0.3) is 0 Å². The first-order chi connectivity index (χ1) is 6.11. The molecule has 0 aliphatic rings. The zero-order valence-electron chi connectivity index (χ0n) is 7.68. The molecule has 1 aromatic rings. The van der Waals surface area contributed by atoms with Gasteiger partial charge in [-0.05, 0) is 18.1 Å². The van der Waals surface area contributed by atoms with Gasteiger partial charge < -0.3 is 4.74 Å². The van der Waals surface area contributed by atoms with E-state index in [0.29, 0.717) is 17.5 Å². The Morgan fingerprint density at radius 3 is 2.69 bits per heavy atom. The molecule has 0 heterocycles. The van der Waals surface area contributed by atoms with Crippen LogP contribution in [-0.2, 0) is 0 Å². The Hall–Kier alpha value is -0.760. The van der Waals surface area contributed by atoms with Crippen molar-refractivity contribution in [1.29, 1.82) is 0 Å². The molecule has 13 heavy (non-hydrogen) atoms. The third kappa shape index (κ3) is 2.88. The highest BCUT2D eigenvalue weighted by atomic mass is 35.5. The first kappa shape index (κ1) is 10.3. The lowest BCUT2D eigenvalue weighted by molar-refractivity contribution is 0.259. The average molecular weight is 203 g/mol. The maximum absolute atomic E-state index is 13.1. The minimum Gasteiger partial charge on any atom is -0.489 e. The van der Waals surface area contributed by atoms with E-state index >= 15 is 0 Å². The predicted molar refractivity (Wildman–Crippen MR) is 51.7 cm³/mol. The van der Waals surface area contributed by atoms with Gasteiger partial charge in [-0.2, -0.15) is 0 Å². The largest absolute Gasteiger partial charge is 0.489 e. The smallest absolute Gasteiger partial charge is 0.173 e. The van der Waals surface area contributed by atoms with E-state index in [1.165, 1.54) is 6.07 Å². The number of benzene rings is 1. The minimum absolute atomic E-state index is 0.151. The van der Waals surface area contributed by atoms with Crippen LogP contribution in [0.5, 0.6) is 5.75 Å². The van der Waals surface area contributed by atoms with Crippen LogP contribution >= 0.6 is 11.6 Å². The number of halogens is 2. The van der Waals surface area contributed by atoms with Crippen molar-refractivity contribution < 1.29 is 9.13 Å². The molecule has 0 amide bonds. The van der Waals surface area contributed by atoms with Crippen molar-refractivity contribution in [2.45, 2.75) is 13.8 Å². The summed E-state index contributed by atoms with van der Waals surface area (Å²) in [5.41, 5.74) is 0. The molecule has 0 radical (unpaired) electrons. The SMILES string of the molecule is CC(C)COc1c(F)cccc1Cl. The lowest BCUT2D eigenvalue weighted by Gasteiger charge is -2.10. The van der Waals surface area contributed by atoms with Crippen LogP contribution in [0.1, 0.15) is 13.8 Å². The van der Waals surface area contributed by atoms with Crippen LogP contribution in [0.3, 0.4) is 0 Å². The zero-order valence-corrected chi connectivity index (χ0v) is 8.44. The molecule has 1 nitrogen and oxygen atoms in total. The molecule has 0 bridgehead atoms. The molecule has 0 saturated carbocycles. The van der Waals surface area contributed by atoms with Gasteiger partial charge >= 0.3 is 0 Å². The highest BCUT2D eigenvalue weighted by Crippen LogP contribution is 2.27. The Balaban J connectivity index is 2.75. The Bertz CT molecular complexity index is 266. The summed E-state index contributed by atoms with van der Waals surface area (Å²) in [6.45, 7) is 4.46. The fourth-order valence-corrected chi connectivity index (χ4v) is 1.09. The fourth-order valence-electron chi connectivity index (χ4n) is 0.870. The van der Waals surface area contributed by atoms with E-state index in [-0.39, 0.29) is 5.75 Å². The van der Waals surface area contributed by atoms with Crippen molar-refractivity contribution in [2.24, 2.45) is 5.92 Å². The Morgan fingerprint density at radius 2 is 2.15 bits per heavy atom. The average Bonchev–Trinajstić information content (AvgIpc) is 2.03. The normalized spacial score (nSPS) is 10.5. The second-order valence-electron chi connectivity index (χ2n) is 3.26. The molecular weight excluding hydrogens is 191 g/mol. The van der Waals surface area contributed by atoms with E-state index in [9.17, 15) is 4.39 Å². The zero-order chi connectivity index (χ0) is 9.84. The maximum atomic E-state index is 13.1. The third-order valence-corrected chi connectivity index (χ3v) is 1.78. The lowest BCUT2D eigenvalue weighted by Crippen LogP contribution is -2.05. The monoisotopic (exact) mass is 202 g/mol. The van der Waals surface area contributed by atoms with Crippen molar-refractivity contribution >= 4 is 11.6 Å². The molecule has 1 rings (SSSR count). The summed E-state index contributed by atoms with van der Waals surface area (Å²) in [5, 5.41) is 0.320. The summed E-state index contributed by atoms with van der Waals surface area (Å²) in [5.74, 6) is 0.0988. The van der Waals surface area contributed by atoms with E-state index in [2.05, 4.69) is 0 Å². The third-order valence-electron chi connectivity index (χ3n) is 1.48. The molecule has 1 aromatic carbocycles. The highest BCUT2D eigenvalue weighted by Gasteiger charge is 2.08. The standard InChI is InChI=1S/C10H12ClFO/c1-7(2)6-13-10-8(11)4-3-5-9(10)12/h3-5,7H,6H2,1-2H3. The molecule has 0 aliphatic carbocycles. The van der Waals surface area contributed by atoms with Gasteiger partial charge in [0, 0.05) is 0 Å². The number of hydrogen-bond acceptors (Lipinski definition) is 1. The number of para-hydroxylation sites is 1. The lowest BCUT2D eigenvalue weighted by atomic mass is 10.2. The van der Waals surface area contributed by atoms with Crippen molar-refractivity contribution in [2.75, 3.05) is 6.61 Å². The molecule has 0 saturated heterocycles. The van der Waals surface area contributed by atoms with Gasteiger partial charge in [0.2, 0.25) is 0 Å². The number of ether oxygens (including phenoxy) is 1.